The van der Waals surface area contributed by atoms with Crippen molar-refractivity contribution in [2.24, 2.45) is 0 Å². The van der Waals surface area contributed by atoms with E-state index in [1.54, 1.807) is 29.2 Å². The molecule has 0 aliphatic carbocycles. The highest BCUT2D eigenvalue weighted by atomic mass is 19.1. The van der Waals surface area contributed by atoms with Crippen molar-refractivity contribution in [1.82, 2.24) is 0 Å². The maximum Gasteiger partial charge on any atom is 0.258 e. The molecule has 0 aromatic heterocycles. The summed E-state index contributed by atoms with van der Waals surface area (Å²) in [5.74, 6) is -0.688. The summed E-state index contributed by atoms with van der Waals surface area (Å²) in [6.07, 6.45) is 0. The van der Waals surface area contributed by atoms with E-state index in [0.29, 0.717) is 23.5 Å². The van der Waals surface area contributed by atoms with Gasteiger partial charge in [-0.15, -0.1) is 0 Å². The molecule has 0 saturated heterocycles. The zero-order valence-corrected chi connectivity index (χ0v) is 12.0. The molecule has 110 valence electrons. The summed E-state index contributed by atoms with van der Waals surface area (Å²) in [6, 6.07) is 11.1. The molecule has 2 aromatic rings. The van der Waals surface area contributed by atoms with E-state index in [-0.39, 0.29) is 11.7 Å². The smallest absolute Gasteiger partial charge is 0.258 e. The molecule has 0 saturated carbocycles. The van der Waals surface area contributed by atoms with Gasteiger partial charge in [0.1, 0.15) is 0 Å². The van der Waals surface area contributed by atoms with Crippen molar-refractivity contribution in [3.8, 4) is 5.75 Å². The van der Waals surface area contributed by atoms with Gasteiger partial charge in [0, 0.05) is 23.5 Å². The number of halogens is 1. The summed E-state index contributed by atoms with van der Waals surface area (Å²) in [6.45, 7) is 2.34. The molecule has 0 spiro atoms. The first kappa shape index (κ1) is 14.8. The number of benzene rings is 2. The Balaban J connectivity index is 2.36. The summed E-state index contributed by atoms with van der Waals surface area (Å²) in [4.78, 5) is 14.1. The molecule has 5 heteroatoms. The zero-order chi connectivity index (χ0) is 15.4. The van der Waals surface area contributed by atoms with E-state index in [9.17, 15) is 9.18 Å². The molecule has 4 nitrogen and oxygen atoms in total. The van der Waals surface area contributed by atoms with E-state index >= 15 is 0 Å². The molecule has 0 aliphatic heterocycles. The second kappa shape index (κ2) is 6.26. The van der Waals surface area contributed by atoms with E-state index < -0.39 is 5.82 Å². The Kier molecular flexibility index (Phi) is 4.42. The maximum atomic E-state index is 13.4. The van der Waals surface area contributed by atoms with Crippen LogP contribution in [0.3, 0.4) is 0 Å². The number of anilines is 2. The van der Waals surface area contributed by atoms with Crippen LogP contribution in [0.5, 0.6) is 5.75 Å². The van der Waals surface area contributed by atoms with Gasteiger partial charge >= 0.3 is 0 Å². The van der Waals surface area contributed by atoms with Gasteiger partial charge in [0.15, 0.2) is 11.6 Å². The lowest BCUT2D eigenvalue weighted by molar-refractivity contribution is 0.0988. The molecular formula is C16H17FN2O2. The van der Waals surface area contributed by atoms with Crippen LogP contribution in [-0.4, -0.2) is 19.6 Å². The van der Waals surface area contributed by atoms with Crippen LogP contribution in [-0.2, 0) is 0 Å². The highest BCUT2D eigenvalue weighted by molar-refractivity contribution is 6.06. The van der Waals surface area contributed by atoms with E-state index in [1.807, 2.05) is 6.92 Å². The van der Waals surface area contributed by atoms with Crippen molar-refractivity contribution in [3.05, 3.63) is 53.8 Å². The quantitative estimate of drug-likeness (QED) is 0.880. The Hall–Kier alpha value is -2.56. The normalized spacial score (nSPS) is 10.2. The fourth-order valence-corrected chi connectivity index (χ4v) is 2.08. The highest BCUT2D eigenvalue weighted by Gasteiger charge is 2.18. The summed E-state index contributed by atoms with van der Waals surface area (Å²) in [5, 5.41) is 0. The topological polar surface area (TPSA) is 55.6 Å². The minimum absolute atomic E-state index is 0.0458. The van der Waals surface area contributed by atoms with Crippen LogP contribution < -0.4 is 15.4 Å². The number of nitrogen functional groups attached to an aromatic ring is 1. The predicted molar refractivity (Wildman–Crippen MR) is 81.2 cm³/mol. The number of ether oxygens (including phenoxy) is 1. The number of hydrogen-bond donors (Lipinski definition) is 1. The molecule has 21 heavy (non-hydrogen) atoms. The molecular weight excluding hydrogens is 271 g/mol. The Bertz CT molecular complexity index is 658. The number of carbonyl (C=O) groups is 1. The fraction of sp³-hybridized carbons (Fsp3) is 0.188. The van der Waals surface area contributed by atoms with Gasteiger partial charge in [-0.3, -0.25) is 4.79 Å². The lowest BCUT2D eigenvalue weighted by atomic mass is 10.1. The van der Waals surface area contributed by atoms with Crippen LogP contribution in [0.4, 0.5) is 15.8 Å². The van der Waals surface area contributed by atoms with E-state index in [2.05, 4.69) is 0 Å². The van der Waals surface area contributed by atoms with Crippen molar-refractivity contribution >= 4 is 17.3 Å². The van der Waals surface area contributed by atoms with E-state index in [1.165, 1.54) is 25.3 Å². The van der Waals surface area contributed by atoms with E-state index in [4.69, 9.17) is 10.5 Å². The van der Waals surface area contributed by atoms with Crippen molar-refractivity contribution in [2.45, 2.75) is 6.92 Å². The molecule has 0 radical (unpaired) electrons. The van der Waals surface area contributed by atoms with Gasteiger partial charge in [-0.05, 0) is 43.3 Å². The van der Waals surface area contributed by atoms with Crippen molar-refractivity contribution in [3.63, 3.8) is 0 Å². The molecule has 2 aromatic carbocycles. The maximum absolute atomic E-state index is 13.4. The van der Waals surface area contributed by atoms with Crippen LogP contribution in [0.25, 0.3) is 0 Å². The molecule has 0 atom stereocenters. The molecule has 0 heterocycles. The lowest BCUT2D eigenvalue weighted by Crippen LogP contribution is -2.30. The Morgan fingerprint density at radius 1 is 1.29 bits per heavy atom. The molecule has 0 unspecified atom stereocenters. The number of hydrogen-bond acceptors (Lipinski definition) is 3. The van der Waals surface area contributed by atoms with E-state index in [0.717, 1.165) is 0 Å². The van der Waals surface area contributed by atoms with Gasteiger partial charge in [0.05, 0.1) is 7.11 Å². The van der Waals surface area contributed by atoms with Crippen LogP contribution in [0, 0.1) is 5.82 Å². The number of methoxy groups -OCH3 is 1. The first-order chi connectivity index (χ1) is 10.1. The minimum Gasteiger partial charge on any atom is -0.494 e. The van der Waals surface area contributed by atoms with Gasteiger partial charge in [0.2, 0.25) is 0 Å². The van der Waals surface area contributed by atoms with Crippen molar-refractivity contribution in [2.75, 3.05) is 24.3 Å². The average molecular weight is 288 g/mol. The first-order valence-corrected chi connectivity index (χ1v) is 6.57. The number of rotatable bonds is 4. The molecule has 2 N–H and O–H groups in total. The highest BCUT2D eigenvalue weighted by Crippen LogP contribution is 2.23. The van der Waals surface area contributed by atoms with Gasteiger partial charge in [-0.1, -0.05) is 6.07 Å². The average Bonchev–Trinajstić information content (AvgIpc) is 2.48. The summed E-state index contributed by atoms with van der Waals surface area (Å²) >= 11 is 0. The molecule has 2 rings (SSSR count). The number of nitrogens with two attached hydrogens (primary N) is 1. The van der Waals surface area contributed by atoms with Gasteiger partial charge in [-0.25, -0.2) is 4.39 Å². The predicted octanol–water partition coefficient (Wildman–Crippen LogP) is 3.08. The third-order valence-corrected chi connectivity index (χ3v) is 3.14. The Morgan fingerprint density at radius 3 is 2.67 bits per heavy atom. The largest absolute Gasteiger partial charge is 0.494 e. The second-order valence-electron chi connectivity index (χ2n) is 4.49. The van der Waals surface area contributed by atoms with Crippen LogP contribution >= 0.6 is 0 Å². The summed E-state index contributed by atoms with van der Waals surface area (Å²) in [5.41, 5.74) is 7.39. The number of nitrogens with zero attached hydrogens (tertiary/aromatic N) is 1. The zero-order valence-electron chi connectivity index (χ0n) is 12.0. The van der Waals surface area contributed by atoms with Crippen LogP contribution in [0.15, 0.2) is 42.5 Å². The third kappa shape index (κ3) is 3.13. The summed E-state index contributed by atoms with van der Waals surface area (Å²) < 4.78 is 18.3. The number of carbonyl (C=O) groups excluding carboxylic acids is 1. The standard InChI is InChI=1S/C16H17FN2O2/c1-3-19(13-6-4-5-12(18)10-13)16(20)11-7-8-14(17)15(9-11)21-2/h4-10H,3,18H2,1-2H3. The Labute approximate surface area is 122 Å². The van der Waals surface area contributed by atoms with Crippen molar-refractivity contribution in [1.29, 1.82) is 0 Å². The van der Waals surface area contributed by atoms with Gasteiger partial charge in [-0.2, -0.15) is 0 Å². The Morgan fingerprint density at radius 2 is 2.05 bits per heavy atom. The lowest BCUT2D eigenvalue weighted by Gasteiger charge is -2.21. The SMILES string of the molecule is CCN(C(=O)c1ccc(F)c(OC)c1)c1cccc(N)c1. The third-order valence-electron chi connectivity index (χ3n) is 3.14. The monoisotopic (exact) mass is 288 g/mol. The second-order valence-corrected chi connectivity index (χ2v) is 4.49. The van der Waals surface area contributed by atoms with Crippen molar-refractivity contribution < 1.29 is 13.9 Å². The van der Waals surface area contributed by atoms with Gasteiger partial charge in [0.25, 0.3) is 5.91 Å². The summed E-state index contributed by atoms with van der Waals surface area (Å²) in [7, 11) is 1.36. The van der Waals surface area contributed by atoms with Crippen LogP contribution in [0.2, 0.25) is 0 Å². The fourth-order valence-electron chi connectivity index (χ4n) is 2.08. The van der Waals surface area contributed by atoms with Gasteiger partial charge < -0.3 is 15.4 Å². The first-order valence-electron chi connectivity index (χ1n) is 6.57. The molecule has 0 bridgehead atoms. The molecule has 0 fully saturated rings. The number of amides is 1. The van der Waals surface area contributed by atoms with Crippen LogP contribution in [0.1, 0.15) is 17.3 Å². The molecule has 1 amide bonds. The molecule has 0 aliphatic rings. The minimum atomic E-state index is -0.499.